The molecule has 1 aromatic carbocycles. The summed E-state index contributed by atoms with van der Waals surface area (Å²) in [6.07, 6.45) is 1.61. The smallest absolute Gasteiger partial charge is 0.295 e. The first-order valence-corrected chi connectivity index (χ1v) is 8.19. The lowest BCUT2D eigenvalue weighted by Gasteiger charge is -1.97. The summed E-state index contributed by atoms with van der Waals surface area (Å²) in [5, 5.41) is 9.01. The van der Waals surface area contributed by atoms with Gasteiger partial charge in [0.05, 0.1) is 5.69 Å². The van der Waals surface area contributed by atoms with Crippen LogP contribution in [-0.4, -0.2) is 30.5 Å². The Labute approximate surface area is 145 Å². The highest BCUT2D eigenvalue weighted by molar-refractivity contribution is 7.14. The number of carbonyl (C=O) groups is 1. The highest BCUT2D eigenvalue weighted by Gasteiger charge is 2.16. The minimum Gasteiger partial charge on any atom is -0.295 e. The first-order valence-electron chi connectivity index (χ1n) is 7.31. The van der Waals surface area contributed by atoms with E-state index in [1.165, 1.54) is 28.0 Å². The average molecular weight is 354 g/mol. The van der Waals surface area contributed by atoms with Crippen molar-refractivity contribution in [1.82, 2.24) is 24.6 Å². The van der Waals surface area contributed by atoms with Crippen molar-refractivity contribution in [2.75, 3.05) is 5.32 Å². The summed E-state index contributed by atoms with van der Waals surface area (Å²) >= 11 is 1.27. The molecule has 4 rings (SSSR count). The maximum Gasteiger partial charge on any atom is 0.297 e. The molecule has 9 heteroatoms. The summed E-state index contributed by atoms with van der Waals surface area (Å²) in [6, 6.07) is 7.77. The molecular formula is C16H11FN6OS. The summed E-state index contributed by atoms with van der Waals surface area (Å²) in [5.41, 5.74) is 2.24. The van der Waals surface area contributed by atoms with Gasteiger partial charge in [-0.2, -0.15) is 4.98 Å². The SMILES string of the molecule is Cc1ccnc2nc(C(=O)Nc3nc(-c4ccc(F)cc4)cs3)nn12. The fourth-order valence-corrected chi connectivity index (χ4v) is 2.95. The first-order chi connectivity index (χ1) is 12.1. The molecular weight excluding hydrogens is 343 g/mol. The molecule has 0 aliphatic rings. The molecule has 0 saturated carbocycles. The Balaban J connectivity index is 1.56. The Hall–Kier alpha value is -3.20. The number of aromatic nitrogens is 5. The molecule has 0 atom stereocenters. The maximum absolute atomic E-state index is 13.0. The molecule has 0 bridgehead atoms. The van der Waals surface area contributed by atoms with E-state index >= 15 is 0 Å². The van der Waals surface area contributed by atoms with Crippen LogP contribution in [0.5, 0.6) is 0 Å². The van der Waals surface area contributed by atoms with Gasteiger partial charge in [0.1, 0.15) is 5.82 Å². The van der Waals surface area contributed by atoms with Gasteiger partial charge in [0, 0.05) is 22.8 Å². The molecule has 3 aromatic heterocycles. The third-order valence-electron chi connectivity index (χ3n) is 3.50. The van der Waals surface area contributed by atoms with Crippen molar-refractivity contribution in [3.05, 3.63) is 59.2 Å². The molecule has 0 aliphatic carbocycles. The fourth-order valence-electron chi connectivity index (χ4n) is 2.24. The lowest BCUT2D eigenvalue weighted by atomic mass is 10.2. The molecule has 25 heavy (non-hydrogen) atoms. The number of amides is 1. The van der Waals surface area contributed by atoms with Crippen molar-refractivity contribution in [1.29, 1.82) is 0 Å². The second kappa shape index (κ2) is 6.02. The van der Waals surface area contributed by atoms with E-state index in [-0.39, 0.29) is 11.6 Å². The van der Waals surface area contributed by atoms with Gasteiger partial charge >= 0.3 is 0 Å². The molecule has 4 aromatic rings. The summed E-state index contributed by atoms with van der Waals surface area (Å²) in [4.78, 5) is 24.8. The second-order valence-corrected chi connectivity index (χ2v) is 6.09. The predicted molar refractivity (Wildman–Crippen MR) is 91.0 cm³/mol. The molecule has 1 amide bonds. The average Bonchev–Trinajstić information content (AvgIpc) is 3.23. The number of aryl methyl sites for hydroxylation is 1. The second-order valence-electron chi connectivity index (χ2n) is 5.23. The summed E-state index contributed by atoms with van der Waals surface area (Å²) in [6.45, 7) is 1.85. The van der Waals surface area contributed by atoms with Crippen molar-refractivity contribution in [3.8, 4) is 11.3 Å². The Kier molecular flexibility index (Phi) is 3.69. The number of carbonyl (C=O) groups excluding carboxylic acids is 1. The van der Waals surface area contributed by atoms with Crippen molar-refractivity contribution in [2.24, 2.45) is 0 Å². The number of nitrogens with zero attached hydrogens (tertiary/aromatic N) is 5. The number of thiazole rings is 1. The largest absolute Gasteiger partial charge is 0.297 e. The van der Waals surface area contributed by atoms with E-state index in [1.54, 1.807) is 29.8 Å². The van der Waals surface area contributed by atoms with Gasteiger partial charge in [0.15, 0.2) is 5.13 Å². The van der Waals surface area contributed by atoms with Crippen LogP contribution in [0.4, 0.5) is 9.52 Å². The van der Waals surface area contributed by atoms with E-state index in [0.717, 1.165) is 11.3 Å². The van der Waals surface area contributed by atoms with Gasteiger partial charge in [-0.25, -0.2) is 18.9 Å². The molecule has 0 fully saturated rings. The van der Waals surface area contributed by atoms with Crippen LogP contribution in [0.25, 0.3) is 17.0 Å². The van der Waals surface area contributed by atoms with Crippen molar-refractivity contribution < 1.29 is 9.18 Å². The van der Waals surface area contributed by atoms with Crippen molar-refractivity contribution >= 4 is 28.2 Å². The Morgan fingerprint density at radius 1 is 1.20 bits per heavy atom. The van der Waals surface area contributed by atoms with E-state index in [4.69, 9.17) is 0 Å². The van der Waals surface area contributed by atoms with Crippen LogP contribution < -0.4 is 5.32 Å². The summed E-state index contributed by atoms with van der Waals surface area (Å²) in [7, 11) is 0. The minimum absolute atomic E-state index is 0.0142. The standard InChI is InChI=1S/C16H11FN6OS/c1-9-6-7-18-15-20-13(22-23(9)15)14(24)21-16-19-12(8-25-16)10-2-4-11(17)5-3-10/h2-8H,1H3,(H,19,21,24). The zero-order chi connectivity index (χ0) is 17.4. The molecule has 124 valence electrons. The van der Waals surface area contributed by atoms with Gasteiger partial charge < -0.3 is 0 Å². The van der Waals surface area contributed by atoms with Crippen LogP contribution >= 0.6 is 11.3 Å². The number of benzene rings is 1. The zero-order valence-electron chi connectivity index (χ0n) is 13.0. The highest BCUT2D eigenvalue weighted by atomic mass is 32.1. The maximum atomic E-state index is 13.0. The predicted octanol–water partition coefficient (Wildman–Crippen LogP) is 2.95. The molecule has 7 nitrogen and oxygen atoms in total. The van der Waals surface area contributed by atoms with Crippen molar-refractivity contribution in [3.63, 3.8) is 0 Å². The monoisotopic (exact) mass is 354 g/mol. The van der Waals surface area contributed by atoms with E-state index in [2.05, 4.69) is 25.4 Å². The number of rotatable bonds is 3. The number of fused-ring (bicyclic) bond motifs is 1. The third kappa shape index (κ3) is 2.96. The van der Waals surface area contributed by atoms with Gasteiger partial charge in [-0.3, -0.25) is 10.1 Å². The Bertz CT molecular complexity index is 1070. The molecule has 3 heterocycles. The third-order valence-corrected chi connectivity index (χ3v) is 4.26. The van der Waals surface area contributed by atoms with Crippen LogP contribution in [0.1, 0.15) is 16.3 Å². The van der Waals surface area contributed by atoms with Gasteiger partial charge in [-0.05, 0) is 37.3 Å². The van der Waals surface area contributed by atoms with Crippen LogP contribution in [-0.2, 0) is 0 Å². The summed E-state index contributed by atoms with van der Waals surface area (Å²) < 4.78 is 14.5. The minimum atomic E-state index is -0.468. The Morgan fingerprint density at radius 3 is 2.76 bits per heavy atom. The first kappa shape index (κ1) is 15.3. The topological polar surface area (TPSA) is 85.1 Å². The molecule has 0 aliphatic heterocycles. The van der Waals surface area contributed by atoms with Gasteiger partial charge in [-0.15, -0.1) is 16.4 Å². The normalized spacial score (nSPS) is 11.0. The summed E-state index contributed by atoms with van der Waals surface area (Å²) in [5.74, 6) is -0.407. The fraction of sp³-hybridized carbons (Fsp3) is 0.0625. The van der Waals surface area contributed by atoms with Crippen LogP contribution in [0.3, 0.4) is 0 Å². The lowest BCUT2D eigenvalue weighted by molar-refractivity contribution is 0.101. The number of nitrogens with one attached hydrogen (secondary N) is 1. The van der Waals surface area contributed by atoms with Gasteiger partial charge in [0.2, 0.25) is 5.82 Å². The molecule has 0 spiro atoms. The number of halogens is 1. The van der Waals surface area contributed by atoms with Crippen LogP contribution in [0.2, 0.25) is 0 Å². The van der Waals surface area contributed by atoms with E-state index in [0.29, 0.717) is 16.6 Å². The molecule has 0 radical (unpaired) electrons. The lowest BCUT2D eigenvalue weighted by Crippen LogP contribution is -2.13. The van der Waals surface area contributed by atoms with E-state index < -0.39 is 5.91 Å². The molecule has 0 saturated heterocycles. The number of hydrogen-bond acceptors (Lipinski definition) is 6. The van der Waals surface area contributed by atoms with E-state index in [1.807, 2.05) is 6.92 Å². The Morgan fingerprint density at radius 2 is 2.00 bits per heavy atom. The molecule has 1 N–H and O–H groups in total. The van der Waals surface area contributed by atoms with Crippen LogP contribution in [0, 0.1) is 12.7 Å². The van der Waals surface area contributed by atoms with Crippen molar-refractivity contribution in [2.45, 2.75) is 6.92 Å². The number of anilines is 1. The quantitative estimate of drug-likeness (QED) is 0.611. The zero-order valence-corrected chi connectivity index (χ0v) is 13.8. The van der Waals surface area contributed by atoms with Gasteiger partial charge in [-0.1, -0.05) is 0 Å². The number of hydrogen-bond donors (Lipinski definition) is 1. The van der Waals surface area contributed by atoms with Crippen LogP contribution in [0.15, 0.2) is 41.9 Å². The van der Waals surface area contributed by atoms with E-state index in [9.17, 15) is 9.18 Å². The highest BCUT2D eigenvalue weighted by Crippen LogP contribution is 2.25. The van der Waals surface area contributed by atoms with Gasteiger partial charge in [0.25, 0.3) is 11.7 Å². The molecule has 0 unspecified atom stereocenters.